The summed E-state index contributed by atoms with van der Waals surface area (Å²) in [6.07, 6.45) is 0.926. The van der Waals surface area contributed by atoms with Gasteiger partial charge >= 0.3 is 12.1 Å². The van der Waals surface area contributed by atoms with E-state index in [-0.39, 0.29) is 5.97 Å². The number of nitrogens with one attached hydrogen (secondary N) is 1. The van der Waals surface area contributed by atoms with Crippen molar-refractivity contribution >= 4 is 17.7 Å². The Morgan fingerprint density at radius 2 is 1.84 bits per heavy atom. The Morgan fingerprint density at radius 1 is 1.09 bits per heavy atom. The topological polar surface area (TPSA) is 77.1 Å². The first-order chi connectivity index (χ1) is 15.2. The summed E-state index contributed by atoms with van der Waals surface area (Å²) in [4.78, 5) is 26.8. The molecule has 1 saturated heterocycles. The van der Waals surface area contributed by atoms with Gasteiger partial charge < -0.3 is 19.1 Å². The summed E-state index contributed by atoms with van der Waals surface area (Å²) in [6.45, 7) is 7.04. The molecule has 1 N–H and O–H groups in total. The van der Waals surface area contributed by atoms with Crippen molar-refractivity contribution in [2.45, 2.75) is 51.5 Å². The van der Waals surface area contributed by atoms with Gasteiger partial charge in [-0.3, -0.25) is 5.32 Å². The van der Waals surface area contributed by atoms with E-state index in [1.165, 1.54) is 7.11 Å². The number of rotatable bonds is 6. The van der Waals surface area contributed by atoms with Crippen molar-refractivity contribution in [3.8, 4) is 0 Å². The van der Waals surface area contributed by atoms with Crippen LogP contribution in [0.25, 0.3) is 0 Å². The molecule has 0 bridgehead atoms. The van der Waals surface area contributed by atoms with Crippen molar-refractivity contribution in [2.75, 3.05) is 25.1 Å². The number of nitrogens with zero attached hydrogens (tertiary/aromatic N) is 1. The Hall–Kier alpha value is -3.06. The highest BCUT2D eigenvalue weighted by Gasteiger charge is 2.39. The number of anilines is 1. The maximum absolute atomic E-state index is 12.7. The highest BCUT2D eigenvalue weighted by atomic mass is 16.6. The van der Waals surface area contributed by atoms with Gasteiger partial charge in [0.2, 0.25) is 0 Å². The fraction of sp³-hybridized carbons (Fsp3) is 0.440. The molecule has 1 heterocycles. The molecule has 1 unspecified atom stereocenters. The minimum Gasteiger partial charge on any atom is -0.465 e. The number of hydrogen-bond acceptors (Lipinski definition) is 6. The molecule has 2 aromatic carbocycles. The van der Waals surface area contributed by atoms with Crippen molar-refractivity contribution in [1.29, 1.82) is 0 Å². The molecule has 0 saturated carbocycles. The van der Waals surface area contributed by atoms with Gasteiger partial charge in [-0.1, -0.05) is 36.4 Å². The van der Waals surface area contributed by atoms with Gasteiger partial charge in [0.1, 0.15) is 5.60 Å². The second kappa shape index (κ2) is 10.0. The molecule has 0 aromatic heterocycles. The second-order valence-corrected chi connectivity index (χ2v) is 8.96. The van der Waals surface area contributed by atoms with Crippen molar-refractivity contribution in [3.63, 3.8) is 0 Å². The monoisotopic (exact) mass is 440 g/mol. The third kappa shape index (κ3) is 6.47. The summed E-state index contributed by atoms with van der Waals surface area (Å²) in [7, 11) is 1.36. The van der Waals surface area contributed by atoms with Crippen LogP contribution in [0.15, 0.2) is 54.6 Å². The summed E-state index contributed by atoms with van der Waals surface area (Å²) in [5, 5.41) is 2.99. The smallest absolute Gasteiger partial charge is 0.409 e. The van der Waals surface area contributed by atoms with Gasteiger partial charge in [-0.15, -0.1) is 0 Å². The standard InChI is InChI=1S/C25H32N2O5/c1-24(2,3)32-23(29)26-25(31-17-19-10-6-5-7-11-19)14-9-15-27(18-25)21-13-8-12-20(16-21)22(28)30-4/h5-8,10-13,16H,9,14-15,17-18H2,1-4H3,(H,26,29). The van der Waals surface area contributed by atoms with E-state index in [4.69, 9.17) is 14.2 Å². The van der Waals surface area contributed by atoms with Gasteiger partial charge in [-0.05, 0) is 57.4 Å². The number of methoxy groups -OCH3 is 1. The fourth-order valence-corrected chi connectivity index (χ4v) is 3.73. The predicted molar refractivity (Wildman–Crippen MR) is 123 cm³/mol. The van der Waals surface area contributed by atoms with Gasteiger partial charge in [-0.25, -0.2) is 9.59 Å². The van der Waals surface area contributed by atoms with E-state index in [0.717, 1.165) is 24.2 Å². The summed E-state index contributed by atoms with van der Waals surface area (Å²) in [5.41, 5.74) is 0.812. The minimum absolute atomic E-state index is 0.354. The SMILES string of the molecule is COC(=O)c1cccc(N2CCCC(NC(=O)OC(C)(C)C)(OCc3ccccc3)C2)c1. The lowest BCUT2D eigenvalue weighted by Gasteiger charge is -2.44. The molecule has 1 aliphatic rings. The number of benzene rings is 2. The molecule has 0 aliphatic carbocycles. The lowest BCUT2D eigenvalue weighted by atomic mass is 10.00. The molecule has 0 radical (unpaired) electrons. The first-order valence-corrected chi connectivity index (χ1v) is 10.8. The maximum atomic E-state index is 12.7. The molecule has 1 fully saturated rings. The Labute approximate surface area is 189 Å². The molecule has 1 atom stereocenters. The number of carbonyl (C=O) groups is 2. The number of carbonyl (C=O) groups excluding carboxylic acids is 2. The molecule has 2 aromatic rings. The van der Waals surface area contributed by atoms with Gasteiger partial charge in [0.25, 0.3) is 0 Å². The van der Waals surface area contributed by atoms with E-state index in [2.05, 4.69) is 10.2 Å². The third-order valence-corrected chi connectivity index (χ3v) is 5.17. The lowest BCUT2D eigenvalue weighted by Crippen LogP contribution is -2.61. The van der Waals surface area contributed by atoms with Crippen LogP contribution in [0.1, 0.15) is 49.5 Å². The van der Waals surface area contributed by atoms with Crippen LogP contribution in [-0.2, 0) is 20.8 Å². The Kier molecular flexibility index (Phi) is 7.40. The van der Waals surface area contributed by atoms with Gasteiger partial charge in [0, 0.05) is 12.2 Å². The Morgan fingerprint density at radius 3 is 2.53 bits per heavy atom. The van der Waals surface area contributed by atoms with Crippen molar-refractivity contribution in [1.82, 2.24) is 5.32 Å². The molecule has 1 amide bonds. The molecular weight excluding hydrogens is 408 g/mol. The fourth-order valence-electron chi connectivity index (χ4n) is 3.73. The van der Waals surface area contributed by atoms with E-state index >= 15 is 0 Å². The second-order valence-electron chi connectivity index (χ2n) is 8.96. The van der Waals surface area contributed by atoms with Gasteiger partial charge in [0.15, 0.2) is 5.72 Å². The summed E-state index contributed by atoms with van der Waals surface area (Å²) < 4.78 is 16.7. The van der Waals surface area contributed by atoms with Crippen LogP contribution in [0.4, 0.5) is 10.5 Å². The Balaban J connectivity index is 1.83. The number of alkyl carbamates (subject to hydrolysis) is 1. The van der Waals surface area contributed by atoms with E-state index in [1.807, 2.05) is 63.2 Å². The zero-order valence-corrected chi connectivity index (χ0v) is 19.2. The zero-order valence-electron chi connectivity index (χ0n) is 19.2. The molecule has 1 aliphatic heterocycles. The normalized spacial score (nSPS) is 18.7. The van der Waals surface area contributed by atoms with E-state index in [9.17, 15) is 9.59 Å². The molecule has 7 heteroatoms. The maximum Gasteiger partial charge on any atom is 0.409 e. The van der Waals surface area contributed by atoms with Gasteiger partial charge in [0.05, 0.1) is 25.8 Å². The first kappa shape index (κ1) is 23.6. The van der Waals surface area contributed by atoms with Crippen LogP contribution >= 0.6 is 0 Å². The summed E-state index contributed by atoms with van der Waals surface area (Å²) in [5.74, 6) is -0.387. The number of piperidine rings is 1. The highest BCUT2D eigenvalue weighted by Crippen LogP contribution is 2.29. The third-order valence-electron chi connectivity index (χ3n) is 5.17. The van der Waals surface area contributed by atoms with E-state index in [1.54, 1.807) is 12.1 Å². The van der Waals surface area contributed by atoms with Crippen LogP contribution in [0.3, 0.4) is 0 Å². The molecule has 3 rings (SSSR count). The lowest BCUT2D eigenvalue weighted by molar-refractivity contribution is -0.0891. The number of esters is 1. The number of amides is 1. The molecule has 32 heavy (non-hydrogen) atoms. The minimum atomic E-state index is -0.933. The average Bonchev–Trinajstić information content (AvgIpc) is 2.77. The van der Waals surface area contributed by atoms with E-state index in [0.29, 0.717) is 25.1 Å². The number of ether oxygens (including phenoxy) is 3. The molecule has 7 nitrogen and oxygen atoms in total. The largest absolute Gasteiger partial charge is 0.465 e. The average molecular weight is 441 g/mol. The zero-order chi connectivity index (χ0) is 23.2. The van der Waals surface area contributed by atoms with Crippen LogP contribution in [0.5, 0.6) is 0 Å². The molecule has 0 spiro atoms. The highest BCUT2D eigenvalue weighted by molar-refractivity contribution is 5.90. The number of hydrogen-bond donors (Lipinski definition) is 1. The first-order valence-electron chi connectivity index (χ1n) is 10.8. The van der Waals surface area contributed by atoms with Crippen molar-refractivity contribution < 1.29 is 23.8 Å². The Bertz CT molecular complexity index is 925. The quantitative estimate of drug-likeness (QED) is 0.526. The summed E-state index contributed by atoms with van der Waals surface area (Å²) >= 11 is 0. The van der Waals surface area contributed by atoms with Crippen LogP contribution in [-0.4, -0.2) is 43.6 Å². The van der Waals surface area contributed by atoms with Crippen molar-refractivity contribution in [3.05, 3.63) is 65.7 Å². The van der Waals surface area contributed by atoms with Gasteiger partial charge in [-0.2, -0.15) is 0 Å². The van der Waals surface area contributed by atoms with Crippen LogP contribution in [0.2, 0.25) is 0 Å². The van der Waals surface area contributed by atoms with Crippen LogP contribution < -0.4 is 10.2 Å². The van der Waals surface area contributed by atoms with Crippen molar-refractivity contribution in [2.24, 2.45) is 0 Å². The molecular formula is C25H32N2O5. The van der Waals surface area contributed by atoms with Crippen LogP contribution in [0, 0.1) is 0 Å². The molecule has 172 valence electrons. The van der Waals surface area contributed by atoms with E-state index < -0.39 is 17.4 Å². The predicted octanol–water partition coefficient (Wildman–Crippen LogP) is 4.51. The summed E-state index contributed by atoms with van der Waals surface area (Å²) in [6, 6.07) is 17.1.